The van der Waals surface area contributed by atoms with Crippen molar-refractivity contribution in [1.29, 1.82) is 5.26 Å². The van der Waals surface area contributed by atoms with Gasteiger partial charge in [-0.2, -0.15) is 5.26 Å². The summed E-state index contributed by atoms with van der Waals surface area (Å²) in [4.78, 5) is 4.18. The topological polar surface area (TPSA) is 56.9 Å². The molecule has 2 fully saturated rings. The van der Waals surface area contributed by atoms with Crippen molar-refractivity contribution in [3.63, 3.8) is 0 Å². The molecule has 3 nitrogen and oxygen atoms in total. The summed E-state index contributed by atoms with van der Waals surface area (Å²) in [5.41, 5.74) is -0.225. The Morgan fingerprint density at radius 3 is 2.75 bits per heavy atom. The van der Waals surface area contributed by atoms with Gasteiger partial charge in [0.1, 0.15) is 5.60 Å². The number of nitriles is 1. The molecule has 1 heterocycles. The molecule has 1 aromatic heterocycles. The zero-order chi connectivity index (χ0) is 11.3. The molecular formula is C12H11ClN2O. The van der Waals surface area contributed by atoms with E-state index in [4.69, 9.17) is 16.9 Å². The molecule has 1 unspecified atom stereocenters. The van der Waals surface area contributed by atoms with Crippen molar-refractivity contribution in [2.24, 2.45) is 17.8 Å². The van der Waals surface area contributed by atoms with Gasteiger partial charge in [-0.3, -0.25) is 4.98 Å². The number of nitrogens with zero attached hydrogens (tertiary/aromatic N) is 2. The number of fused-ring (bicyclic) bond motifs is 1. The summed E-state index contributed by atoms with van der Waals surface area (Å²) in [6.07, 6.45) is 2.90. The molecule has 1 aromatic rings. The van der Waals surface area contributed by atoms with Gasteiger partial charge >= 0.3 is 0 Å². The third-order valence-corrected chi connectivity index (χ3v) is 4.06. The van der Waals surface area contributed by atoms with Crippen molar-refractivity contribution in [1.82, 2.24) is 4.98 Å². The van der Waals surface area contributed by atoms with Crippen molar-refractivity contribution in [2.75, 3.05) is 0 Å². The lowest BCUT2D eigenvalue weighted by Gasteiger charge is -2.24. The minimum atomic E-state index is -0.867. The molecule has 4 atom stereocenters. The molecule has 82 valence electrons. The summed E-state index contributed by atoms with van der Waals surface area (Å²) in [5.74, 6) is 0.867. The molecule has 2 aliphatic carbocycles. The highest BCUT2D eigenvalue weighted by molar-refractivity contribution is 6.30. The van der Waals surface area contributed by atoms with E-state index < -0.39 is 5.60 Å². The lowest BCUT2D eigenvalue weighted by atomic mass is 9.91. The summed E-state index contributed by atoms with van der Waals surface area (Å²) in [6.45, 7) is 0. The summed E-state index contributed by atoms with van der Waals surface area (Å²) < 4.78 is 0. The third-order valence-electron chi connectivity index (χ3n) is 3.83. The van der Waals surface area contributed by atoms with E-state index in [9.17, 15) is 5.11 Å². The summed E-state index contributed by atoms with van der Waals surface area (Å²) in [6, 6.07) is 5.70. The number of hydrogen-bond donors (Lipinski definition) is 1. The lowest BCUT2D eigenvalue weighted by molar-refractivity contribution is 0.0240. The first-order chi connectivity index (χ1) is 7.64. The van der Waals surface area contributed by atoms with Crippen molar-refractivity contribution in [3.8, 4) is 6.07 Å². The fourth-order valence-corrected chi connectivity index (χ4v) is 3.08. The van der Waals surface area contributed by atoms with Gasteiger partial charge in [-0.05, 0) is 36.8 Å². The van der Waals surface area contributed by atoms with E-state index in [0.717, 1.165) is 0 Å². The molecule has 1 N–H and O–H groups in total. The molecule has 0 spiro atoms. The van der Waals surface area contributed by atoms with Crippen LogP contribution in [0.1, 0.15) is 18.5 Å². The highest BCUT2D eigenvalue weighted by Crippen LogP contribution is 2.63. The maximum atomic E-state index is 10.5. The Balaban J connectivity index is 1.85. The minimum absolute atomic E-state index is 0.152. The van der Waals surface area contributed by atoms with Crippen LogP contribution in [0.3, 0.4) is 0 Å². The molecule has 3 rings (SSSR count). The van der Waals surface area contributed by atoms with E-state index in [2.05, 4.69) is 11.1 Å². The van der Waals surface area contributed by atoms with E-state index in [1.807, 2.05) is 0 Å². The van der Waals surface area contributed by atoms with Crippen LogP contribution in [0.15, 0.2) is 18.3 Å². The monoisotopic (exact) mass is 234 g/mol. The van der Waals surface area contributed by atoms with Gasteiger partial charge in [0.25, 0.3) is 0 Å². The highest BCUT2D eigenvalue weighted by Gasteiger charge is 2.62. The predicted octanol–water partition coefficient (Wildman–Crippen LogP) is 2.10. The fourth-order valence-electron chi connectivity index (χ4n) is 2.92. The first-order valence-electron chi connectivity index (χ1n) is 5.38. The smallest absolute Gasteiger partial charge is 0.107 e. The molecule has 2 aliphatic rings. The van der Waals surface area contributed by atoms with E-state index in [-0.39, 0.29) is 5.92 Å². The standard InChI is InChI=1S/C12H11ClN2O/c13-7-1-2-15-11(3-7)12(16)4-8-9(5-12)10(8)6-14/h1-3,8-10,16H,4-5H2/t8-,9+,10+,12?. The Morgan fingerprint density at radius 2 is 2.19 bits per heavy atom. The van der Waals surface area contributed by atoms with E-state index in [0.29, 0.717) is 35.4 Å². The van der Waals surface area contributed by atoms with E-state index in [1.165, 1.54) is 0 Å². The van der Waals surface area contributed by atoms with Crippen LogP contribution in [-0.2, 0) is 5.60 Å². The van der Waals surface area contributed by atoms with Crippen LogP contribution in [0.25, 0.3) is 0 Å². The van der Waals surface area contributed by atoms with Gasteiger partial charge < -0.3 is 5.11 Å². The lowest BCUT2D eigenvalue weighted by Crippen LogP contribution is -2.25. The molecule has 0 radical (unpaired) electrons. The first kappa shape index (κ1) is 10.1. The predicted molar refractivity (Wildman–Crippen MR) is 58.5 cm³/mol. The Kier molecular flexibility index (Phi) is 2.01. The maximum Gasteiger partial charge on any atom is 0.107 e. The summed E-state index contributed by atoms with van der Waals surface area (Å²) >= 11 is 5.89. The zero-order valence-electron chi connectivity index (χ0n) is 8.60. The van der Waals surface area contributed by atoms with Crippen LogP contribution in [0, 0.1) is 29.1 Å². The number of rotatable bonds is 1. The molecular weight excluding hydrogens is 224 g/mol. The number of halogens is 1. The number of aliphatic hydroxyl groups is 1. The van der Waals surface area contributed by atoms with Gasteiger partial charge in [-0.25, -0.2) is 0 Å². The molecule has 0 aromatic carbocycles. The largest absolute Gasteiger partial charge is 0.384 e. The summed E-state index contributed by atoms with van der Waals surface area (Å²) in [5, 5.41) is 19.9. The van der Waals surface area contributed by atoms with E-state index in [1.54, 1.807) is 18.3 Å². The molecule has 0 amide bonds. The molecule has 16 heavy (non-hydrogen) atoms. The Morgan fingerprint density at radius 1 is 1.50 bits per heavy atom. The van der Waals surface area contributed by atoms with Gasteiger partial charge in [0, 0.05) is 11.2 Å². The first-order valence-corrected chi connectivity index (χ1v) is 5.76. The number of pyridine rings is 1. The van der Waals surface area contributed by atoms with Crippen LogP contribution in [0.2, 0.25) is 5.02 Å². The molecule has 2 saturated carbocycles. The quantitative estimate of drug-likeness (QED) is 0.810. The Hall–Kier alpha value is -1.11. The van der Waals surface area contributed by atoms with Crippen LogP contribution in [0.4, 0.5) is 0 Å². The van der Waals surface area contributed by atoms with Crippen LogP contribution in [-0.4, -0.2) is 10.1 Å². The average molecular weight is 235 g/mol. The molecule has 0 aliphatic heterocycles. The van der Waals surface area contributed by atoms with Crippen molar-refractivity contribution < 1.29 is 5.11 Å². The number of hydrogen-bond acceptors (Lipinski definition) is 3. The van der Waals surface area contributed by atoms with Crippen molar-refractivity contribution in [3.05, 3.63) is 29.0 Å². The molecule has 4 heteroatoms. The molecule has 0 saturated heterocycles. The maximum absolute atomic E-state index is 10.5. The fraction of sp³-hybridized carbons (Fsp3) is 0.500. The van der Waals surface area contributed by atoms with Crippen LogP contribution >= 0.6 is 11.6 Å². The third kappa shape index (κ3) is 1.34. The van der Waals surface area contributed by atoms with E-state index >= 15 is 0 Å². The number of aromatic nitrogens is 1. The Labute approximate surface area is 98.7 Å². The van der Waals surface area contributed by atoms with Crippen LogP contribution in [0.5, 0.6) is 0 Å². The van der Waals surface area contributed by atoms with Gasteiger partial charge in [0.15, 0.2) is 0 Å². The molecule has 0 bridgehead atoms. The van der Waals surface area contributed by atoms with Gasteiger partial charge in [0.05, 0.1) is 17.7 Å². The van der Waals surface area contributed by atoms with Gasteiger partial charge in [-0.15, -0.1) is 0 Å². The van der Waals surface area contributed by atoms with Crippen molar-refractivity contribution in [2.45, 2.75) is 18.4 Å². The summed E-state index contributed by atoms with van der Waals surface area (Å²) in [7, 11) is 0. The second kappa shape index (κ2) is 3.19. The zero-order valence-corrected chi connectivity index (χ0v) is 9.35. The van der Waals surface area contributed by atoms with Gasteiger partial charge in [0.2, 0.25) is 0 Å². The Bertz CT molecular complexity index is 470. The average Bonchev–Trinajstić information content (AvgIpc) is 2.76. The SMILES string of the molecule is N#C[C@@H]1[C@H]2CC(O)(c3cc(Cl)ccn3)C[C@@H]12. The highest BCUT2D eigenvalue weighted by atomic mass is 35.5. The van der Waals surface area contributed by atoms with Crippen molar-refractivity contribution >= 4 is 11.6 Å². The van der Waals surface area contributed by atoms with Crippen LogP contribution < -0.4 is 0 Å². The second-order valence-electron chi connectivity index (χ2n) is 4.78. The normalized spacial score (nSPS) is 40.2. The second-order valence-corrected chi connectivity index (χ2v) is 5.22. The minimum Gasteiger partial charge on any atom is -0.384 e. The van der Waals surface area contributed by atoms with Gasteiger partial charge in [-0.1, -0.05) is 11.6 Å².